The van der Waals surface area contributed by atoms with Crippen molar-refractivity contribution in [1.29, 1.82) is 0 Å². The molecule has 0 saturated carbocycles. The first kappa shape index (κ1) is 18.1. The second-order valence-corrected chi connectivity index (χ2v) is 9.38. The lowest BCUT2D eigenvalue weighted by Crippen LogP contribution is -2.30. The Kier molecular flexibility index (Phi) is 4.23. The average molecular weight is 421 g/mol. The lowest BCUT2D eigenvalue weighted by atomic mass is 9.88. The third kappa shape index (κ3) is 2.71. The van der Waals surface area contributed by atoms with Crippen LogP contribution in [0.3, 0.4) is 0 Å². The number of aryl methyl sites for hydroxylation is 2. The van der Waals surface area contributed by atoms with E-state index in [9.17, 15) is 0 Å². The highest BCUT2D eigenvalue weighted by molar-refractivity contribution is 7.71. The highest BCUT2D eigenvalue weighted by atomic mass is 35.5. The fourth-order valence-electron chi connectivity index (χ4n) is 3.34. The van der Waals surface area contributed by atoms with Gasteiger partial charge in [0.2, 0.25) is 0 Å². The zero-order valence-electron chi connectivity index (χ0n) is 14.9. The van der Waals surface area contributed by atoms with Gasteiger partial charge in [-0.3, -0.25) is 3.96 Å². The Morgan fingerprint density at radius 2 is 1.73 bits per heavy atom. The lowest BCUT2D eigenvalue weighted by molar-refractivity contribution is 0.619. The van der Waals surface area contributed by atoms with E-state index < -0.39 is 0 Å². The SMILES string of the molecule is Cc1cc2c(cc1C)-c1c(sn(-c3ccc(Cl)c(Cl)c3)c1=S)C(C)(C)N2. The molecule has 2 heterocycles. The second-order valence-electron chi connectivity index (χ2n) is 7.23. The minimum atomic E-state index is -0.205. The number of aromatic nitrogens is 1. The van der Waals surface area contributed by atoms with Crippen molar-refractivity contribution >= 4 is 52.6 Å². The summed E-state index contributed by atoms with van der Waals surface area (Å²) in [5.74, 6) is 0. The van der Waals surface area contributed by atoms with Gasteiger partial charge in [0.1, 0.15) is 4.64 Å². The van der Waals surface area contributed by atoms with Crippen LogP contribution in [0.15, 0.2) is 30.3 Å². The minimum Gasteiger partial charge on any atom is -0.375 e. The standard InChI is InChI=1S/C20H18Cl2N2S2/c1-10-7-13-16(8-11(10)2)23-20(3,4)18-17(13)19(25)24(26-18)12-5-6-14(21)15(22)9-12/h5-9,23H,1-4H3. The summed E-state index contributed by atoms with van der Waals surface area (Å²) in [5, 5.41) is 4.75. The van der Waals surface area contributed by atoms with E-state index in [4.69, 9.17) is 35.4 Å². The van der Waals surface area contributed by atoms with Crippen LogP contribution in [-0.2, 0) is 5.54 Å². The Labute approximate surface area is 172 Å². The van der Waals surface area contributed by atoms with Crippen LogP contribution in [0, 0.1) is 18.5 Å². The largest absolute Gasteiger partial charge is 0.375 e. The van der Waals surface area contributed by atoms with Gasteiger partial charge in [0.05, 0.1) is 26.1 Å². The van der Waals surface area contributed by atoms with Crippen molar-refractivity contribution < 1.29 is 0 Å². The minimum absolute atomic E-state index is 0.205. The van der Waals surface area contributed by atoms with Crippen LogP contribution in [0.4, 0.5) is 5.69 Å². The molecule has 4 rings (SSSR count). The normalized spacial score (nSPS) is 14.5. The molecule has 0 unspecified atom stereocenters. The van der Waals surface area contributed by atoms with Crippen LogP contribution in [0.25, 0.3) is 16.8 Å². The van der Waals surface area contributed by atoms with E-state index in [1.54, 1.807) is 11.5 Å². The molecule has 6 heteroatoms. The molecule has 0 fully saturated rings. The number of benzene rings is 2. The molecule has 0 atom stereocenters. The Morgan fingerprint density at radius 3 is 2.42 bits per heavy atom. The number of nitrogens with one attached hydrogen (secondary N) is 1. The van der Waals surface area contributed by atoms with Crippen molar-refractivity contribution in [2.24, 2.45) is 0 Å². The third-order valence-corrected chi connectivity index (χ3v) is 7.58. The van der Waals surface area contributed by atoms with Crippen molar-refractivity contribution in [2.75, 3.05) is 5.32 Å². The lowest BCUT2D eigenvalue weighted by Gasteiger charge is -2.33. The van der Waals surface area contributed by atoms with Crippen molar-refractivity contribution in [3.8, 4) is 16.8 Å². The average Bonchev–Trinajstić information content (AvgIpc) is 2.91. The van der Waals surface area contributed by atoms with Gasteiger partial charge in [-0.15, -0.1) is 0 Å². The van der Waals surface area contributed by atoms with Crippen molar-refractivity contribution in [3.05, 3.63) is 61.0 Å². The molecule has 2 nitrogen and oxygen atoms in total. The van der Waals surface area contributed by atoms with E-state index in [2.05, 4.69) is 49.1 Å². The molecule has 0 saturated heterocycles. The van der Waals surface area contributed by atoms with Gasteiger partial charge in [0, 0.05) is 16.8 Å². The predicted octanol–water partition coefficient (Wildman–Crippen LogP) is 7.52. The van der Waals surface area contributed by atoms with Crippen LogP contribution in [0.5, 0.6) is 0 Å². The van der Waals surface area contributed by atoms with Gasteiger partial charge < -0.3 is 5.32 Å². The Bertz CT molecular complexity index is 1110. The Morgan fingerprint density at radius 1 is 1.04 bits per heavy atom. The number of anilines is 1. The molecule has 0 amide bonds. The number of fused-ring (bicyclic) bond motifs is 3. The molecule has 1 aliphatic rings. The number of halogens is 2. The summed E-state index contributed by atoms with van der Waals surface area (Å²) in [6.45, 7) is 8.65. The number of nitrogens with zero attached hydrogens (tertiary/aromatic N) is 1. The summed E-state index contributed by atoms with van der Waals surface area (Å²) in [5.41, 5.74) is 6.71. The summed E-state index contributed by atoms with van der Waals surface area (Å²) in [7, 11) is 0. The first-order chi connectivity index (χ1) is 12.2. The summed E-state index contributed by atoms with van der Waals surface area (Å²) < 4.78 is 2.87. The van der Waals surface area contributed by atoms with E-state index >= 15 is 0 Å². The number of rotatable bonds is 1. The Balaban J connectivity index is 2.02. The maximum Gasteiger partial charge on any atom is 0.129 e. The van der Waals surface area contributed by atoms with Crippen LogP contribution < -0.4 is 5.32 Å². The summed E-state index contributed by atoms with van der Waals surface area (Å²) >= 11 is 19.9. The molecule has 1 N–H and O–H groups in total. The van der Waals surface area contributed by atoms with Crippen molar-refractivity contribution in [2.45, 2.75) is 33.2 Å². The van der Waals surface area contributed by atoms with Gasteiger partial charge in [-0.25, -0.2) is 0 Å². The summed E-state index contributed by atoms with van der Waals surface area (Å²) in [6.07, 6.45) is 0. The smallest absolute Gasteiger partial charge is 0.129 e. The number of hydrogen-bond acceptors (Lipinski definition) is 3. The molecular formula is C20H18Cl2N2S2. The molecule has 0 aliphatic carbocycles. The van der Waals surface area contributed by atoms with Crippen LogP contribution in [-0.4, -0.2) is 3.96 Å². The first-order valence-corrected chi connectivity index (χ1v) is 10.2. The van der Waals surface area contributed by atoms with Gasteiger partial charge >= 0.3 is 0 Å². The molecule has 1 aliphatic heterocycles. The van der Waals surface area contributed by atoms with Crippen LogP contribution in [0.1, 0.15) is 29.9 Å². The highest BCUT2D eigenvalue weighted by Gasteiger charge is 2.34. The molecule has 0 spiro atoms. The van der Waals surface area contributed by atoms with Crippen molar-refractivity contribution in [3.63, 3.8) is 0 Å². The summed E-state index contributed by atoms with van der Waals surface area (Å²) in [4.78, 5) is 1.23. The molecule has 26 heavy (non-hydrogen) atoms. The quantitative estimate of drug-likeness (QED) is 0.409. The van der Waals surface area contributed by atoms with E-state index in [0.29, 0.717) is 10.0 Å². The van der Waals surface area contributed by atoms with E-state index in [0.717, 1.165) is 21.6 Å². The molecular weight excluding hydrogens is 403 g/mol. The zero-order valence-corrected chi connectivity index (χ0v) is 18.1. The number of hydrogen-bond donors (Lipinski definition) is 1. The van der Waals surface area contributed by atoms with E-state index in [1.807, 2.05) is 18.2 Å². The van der Waals surface area contributed by atoms with Gasteiger partial charge in [-0.1, -0.05) is 47.0 Å². The summed E-state index contributed by atoms with van der Waals surface area (Å²) in [6, 6.07) is 10.1. The molecule has 3 aromatic rings. The molecule has 0 bridgehead atoms. The monoisotopic (exact) mass is 420 g/mol. The van der Waals surface area contributed by atoms with Crippen molar-refractivity contribution in [1.82, 2.24) is 3.96 Å². The fraction of sp³-hybridized carbons (Fsp3) is 0.250. The van der Waals surface area contributed by atoms with Gasteiger partial charge in [-0.05, 0) is 69.2 Å². The van der Waals surface area contributed by atoms with E-state index in [-0.39, 0.29) is 5.54 Å². The first-order valence-electron chi connectivity index (χ1n) is 8.31. The Hall–Kier alpha value is -1.33. The topological polar surface area (TPSA) is 17.0 Å². The molecule has 134 valence electrons. The zero-order chi connectivity index (χ0) is 18.8. The van der Waals surface area contributed by atoms with Crippen LogP contribution >= 0.6 is 47.0 Å². The van der Waals surface area contributed by atoms with E-state index in [1.165, 1.54) is 21.6 Å². The predicted molar refractivity (Wildman–Crippen MR) is 116 cm³/mol. The van der Waals surface area contributed by atoms with Gasteiger partial charge in [-0.2, -0.15) is 0 Å². The second kappa shape index (κ2) is 6.10. The molecule has 0 radical (unpaired) electrons. The van der Waals surface area contributed by atoms with Crippen LogP contribution in [0.2, 0.25) is 10.0 Å². The molecule has 2 aromatic carbocycles. The van der Waals surface area contributed by atoms with Gasteiger partial charge in [0.15, 0.2) is 0 Å². The maximum absolute atomic E-state index is 6.23. The maximum atomic E-state index is 6.23. The highest BCUT2D eigenvalue weighted by Crippen LogP contribution is 2.48. The third-order valence-electron chi connectivity index (χ3n) is 4.86. The fourth-order valence-corrected chi connectivity index (χ4v) is 5.28. The molecule has 1 aromatic heterocycles. The van der Waals surface area contributed by atoms with Gasteiger partial charge in [0.25, 0.3) is 0 Å².